The molecule has 0 aromatic rings. The molecule has 1 saturated heterocycles. The first-order valence-corrected chi connectivity index (χ1v) is 9.57. The number of ether oxygens (including phenoxy) is 1. The lowest BCUT2D eigenvalue weighted by Gasteiger charge is -2.38. The van der Waals surface area contributed by atoms with E-state index in [1.54, 1.807) is 0 Å². The maximum atomic E-state index is 11.4. The van der Waals surface area contributed by atoms with E-state index >= 15 is 0 Å². The highest BCUT2D eigenvalue weighted by Crippen LogP contribution is 2.36. The van der Waals surface area contributed by atoms with Crippen LogP contribution in [-0.2, 0) is 18.8 Å². The number of esters is 1. The fourth-order valence-electron chi connectivity index (χ4n) is 1.62. The molecule has 0 unspecified atom stereocenters. The van der Waals surface area contributed by atoms with Crippen LogP contribution in [0.25, 0.3) is 0 Å². The molecule has 0 aliphatic carbocycles. The zero-order valence-corrected chi connectivity index (χ0v) is 13.7. The highest BCUT2D eigenvalue weighted by atomic mass is 28.4. The van der Waals surface area contributed by atoms with Crippen molar-refractivity contribution >= 4 is 20.2 Å². The van der Waals surface area contributed by atoms with Crippen molar-refractivity contribution < 1.29 is 18.8 Å². The molecule has 0 aromatic carbocycles. The van der Waals surface area contributed by atoms with Gasteiger partial charge in [-0.2, -0.15) is 0 Å². The minimum absolute atomic E-state index is 0.0647. The zero-order chi connectivity index (χ0) is 14.8. The number of carbonyl (C=O) groups is 2. The van der Waals surface area contributed by atoms with Crippen molar-refractivity contribution in [3.05, 3.63) is 0 Å². The van der Waals surface area contributed by atoms with E-state index in [0.29, 0.717) is 13.0 Å². The smallest absolute Gasteiger partial charge is 0.304 e. The summed E-state index contributed by atoms with van der Waals surface area (Å²) in [7, 11) is -1.78. The predicted octanol–water partition coefficient (Wildman–Crippen LogP) is 2.03. The largest absolute Gasteiger partial charge is 0.441 e. The van der Waals surface area contributed by atoms with Gasteiger partial charge in [0.05, 0.1) is 5.92 Å². The average Bonchev–Trinajstić information content (AvgIpc) is 2.21. The summed E-state index contributed by atoms with van der Waals surface area (Å²) < 4.78 is 11.0. The van der Waals surface area contributed by atoms with Crippen LogP contribution in [0.15, 0.2) is 0 Å². The molecule has 2 atom stereocenters. The molecular weight excluding hydrogens is 262 g/mol. The van der Waals surface area contributed by atoms with Crippen molar-refractivity contribution in [1.29, 1.82) is 0 Å². The molecule has 1 aliphatic heterocycles. The summed E-state index contributed by atoms with van der Waals surface area (Å²) in [6.45, 7) is 12.8. The van der Waals surface area contributed by atoms with Gasteiger partial charge in [-0.05, 0) is 24.6 Å². The lowest BCUT2D eigenvalue weighted by Crippen LogP contribution is -2.60. The van der Waals surface area contributed by atoms with Gasteiger partial charge in [0.1, 0.15) is 0 Å². The molecule has 0 radical (unpaired) electrons. The van der Waals surface area contributed by atoms with Crippen molar-refractivity contribution in [2.75, 3.05) is 6.61 Å². The molecule has 1 fully saturated rings. The van der Waals surface area contributed by atoms with Gasteiger partial charge in [-0.15, -0.1) is 0 Å². The summed E-state index contributed by atoms with van der Waals surface area (Å²) in [6.07, 6.45) is 0.115. The van der Waals surface area contributed by atoms with Crippen LogP contribution in [0.4, 0.5) is 0 Å². The highest BCUT2D eigenvalue weighted by Gasteiger charge is 2.42. The average molecular weight is 287 g/mol. The Hall–Kier alpha value is -0.883. The SMILES string of the molecule is CC(=O)O[C@H]1NC(=O)[C@H]1CCO[Si](C)(C)C(C)(C)C. The first kappa shape index (κ1) is 16.2. The molecule has 1 heterocycles. The van der Waals surface area contributed by atoms with Crippen LogP contribution in [0, 0.1) is 5.92 Å². The summed E-state index contributed by atoms with van der Waals surface area (Å²) in [4.78, 5) is 22.3. The molecule has 19 heavy (non-hydrogen) atoms. The third kappa shape index (κ3) is 4.04. The number of β-lactam (4-membered cyclic amide) rings is 1. The Bertz CT molecular complexity index is 362. The Kier molecular flexibility index (Phi) is 4.79. The summed E-state index contributed by atoms with van der Waals surface area (Å²) >= 11 is 0. The number of rotatable bonds is 5. The van der Waals surface area contributed by atoms with Gasteiger partial charge in [0.2, 0.25) is 5.91 Å². The predicted molar refractivity (Wildman–Crippen MR) is 75.0 cm³/mol. The molecule has 1 aliphatic rings. The van der Waals surface area contributed by atoms with Crippen molar-refractivity contribution in [3.63, 3.8) is 0 Å². The van der Waals surface area contributed by atoms with Gasteiger partial charge in [0.25, 0.3) is 0 Å². The van der Waals surface area contributed by atoms with E-state index in [0.717, 1.165) is 0 Å². The number of amides is 1. The topological polar surface area (TPSA) is 64.6 Å². The van der Waals surface area contributed by atoms with Crippen LogP contribution < -0.4 is 5.32 Å². The minimum Gasteiger partial charge on any atom is -0.441 e. The fourth-order valence-corrected chi connectivity index (χ4v) is 2.68. The molecule has 6 heteroatoms. The number of nitrogens with one attached hydrogen (secondary N) is 1. The molecule has 0 aromatic heterocycles. The van der Waals surface area contributed by atoms with Crippen molar-refractivity contribution in [2.45, 2.75) is 58.5 Å². The van der Waals surface area contributed by atoms with Gasteiger partial charge in [-0.25, -0.2) is 0 Å². The van der Waals surface area contributed by atoms with Crippen molar-refractivity contribution in [2.24, 2.45) is 5.92 Å². The van der Waals surface area contributed by atoms with Crippen LogP contribution in [-0.4, -0.2) is 33.0 Å². The third-order valence-corrected chi connectivity index (χ3v) is 8.52. The molecule has 1 rings (SSSR count). The summed E-state index contributed by atoms with van der Waals surface area (Å²) in [5.41, 5.74) is 0. The monoisotopic (exact) mass is 287 g/mol. The van der Waals surface area contributed by atoms with Crippen molar-refractivity contribution in [1.82, 2.24) is 5.32 Å². The summed E-state index contributed by atoms with van der Waals surface area (Å²) in [5, 5.41) is 2.73. The molecule has 1 amide bonds. The normalized spacial score (nSPS) is 23.6. The highest BCUT2D eigenvalue weighted by molar-refractivity contribution is 6.74. The minimum atomic E-state index is -1.78. The molecule has 1 N–H and O–H groups in total. The lowest BCUT2D eigenvalue weighted by atomic mass is 9.96. The molecular formula is C13H25NO4Si. The second-order valence-electron chi connectivity index (χ2n) is 6.54. The summed E-state index contributed by atoms with van der Waals surface area (Å²) in [6, 6.07) is 0. The van der Waals surface area contributed by atoms with Crippen LogP contribution >= 0.6 is 0 Å². The van der Waals surface area contributed by atoms with Crippen LogP contribution in [0.2, 0.25) is 18.1 Å². The van der Waals surface area contributed by atoms with Gasteiger partial charge in [-0.1, -0.05) is 20.8 Å². The Morgan fingerprint density at radius 1 is 1.37 bits per heavy atom. The maximum Gasteiger partial charge on any atom is 0.304 e. The van der Waals surface area contributed by atoms with E-state index in [1.165, 1.54) is 6.92 Å². The Morgan fingerprint density at radius 2 is 1.95 bits per heavy atom. The fraction of sp³-hybridized carbons (Fsp3) is 0.846. The number of hydrogen-bond donors (Lipinski definition) is 1. The van der Waals surface area contributed by atoms with E-state index in [9.17, 15) is 9.59 Å². The first-order chi connectivity index (χ1) is 8.54. The molecule has 5 nitrogen and oxygen atoms in total. The van der Waals surface area contributed by atoms with Gasteiger partial charge in [0, 0.05) is 13.5 Å². The molecule has 0 saturated carbocycles. The number of hydrogen-bond acceptors (Lipinski definition) is 4. The zero-order valence-electron chi connectivity index (χ0n) is 12.7. The second kappa shape index (κ2) is 5.62. The van der Waals surface area contributed by atoms with Crippen LogP contribution in [0.5, 0.6) is 0 Å². The summed E-state index contributed by atoms with van der Waals surface area (Å²) in [5.74, 6) is -0.709. The standard InChI is InChI=1S/C13H25NO4Si/c1-9(15)18-12-10(11(16)14-12)7-8-17-19(5,6)13(2,3)4/h10,12H,7-8H2,1-6H3,(H,14,16)/t10-,12-/m1/s1. The van der Waals surface area contributed by atoms with Gasteiger partial charge in [-0.3, -0.25) is 9.59 Å². The lowest BCUT2D eigenvalue weighted by molar-refractivity contribution is -0.168. The molecule has 0 spiro atoms. The van der Waals surface area contributed by atoms with Gasteiger partial charge < -0.3 is 14.5 Å². The van der Waals surface area contributed by atoms with E-state index in [2.05, 4.69) is 39.2 Å². The van der Waals surface area contributed by atoms with Crippen LogP contribution in [0.3, 0.4) is 0 Å². The van der Waals surface area contributed by atoms with Crippen molar-refractivity contribution in [3.8, 4) is 0 Å². The van der Waals surface area contributed by atoms with E-state index in [-0.39, 0.29) is 22.8 Å². The Morgan fingerprint density at radius 3 is 2.37 bits per heavy atom. The van der Waals surface area contributed by atoms with E-state index in [4.69, 9.17) is 9.16 Å². The first-order valence-electron chi connectivity index (χ1n) is 6.66. The molecule has 110 valence electrons. The van der Waals surface area contributed by atoms with Gasteiger partial charge >= 0.3 is 5.97 Å². The van der Waals surface area contributed by atoms with Crippen LogP contribution in [0.1, 0.15) is 34.1 Å². The van der Waals surface area contributed by atoms with E-state index < -0.39 is 14.5 Å². The Balaban J connectivity index is 2.40. The number of carbonyl (C=O) groups excluding carboxylic acids is 2. The Labute approximate surface area is 116 Å². The maximum absolute atomic E-state index is 11.4. The van der Waals surface area contributed by atoms with Gasteiger partial charge in [0.15, 0.2) is 14.5 Å². The quantitative estimate of drug-likeness (QED) is 0.477. The van der Waals surface area contributed by atoms with E-state index in [1.807, 2.05) is 0 Å². The second-order valence-corrected chi connectivity index (χ2v) is 11.4. The third-order valence-electron chi connectivity index (χ3n) is 3.98. The molecule has 0 bridgehead atoms.